The molecule has 3 heteroatoms. The summed E-state index contributed by atoms with van der Waals surface area (Å²) in [5, 5.41) is 0. The zero-order valence-electron chi connectivity index (χ0n) is 11.9. The van der Waals surface area contributed by atoms with Crippen LogP contribution in [0.25, 0.3) is 0 Å². The van der Waals surface area contributed by atoms with Crippen molar-refractivity contribution in [3.8, 4) is 0 Å². The lowest BCUT2D eigenvalue weighted by Crippen LogP contribution is -2.41. The minimum absolute atomic E-state index is 0.0322. The van der Waals surface area contributed by atoms with E-state index in [-0.39, 0.29) is 17.9 Å². The van der Waals surface area contributed by atoms with Crippen LogP contribution < -0.4 is 5.73 Å². The Hall–Kier alpha value is -1.35. The van der Waals surface area contributed by atoms with Crippen LogP contribution in [0.5, 0.6) is 0 Å². The highest BCUT2D eigenvalue weighted by Crippen LogP contribution is 2.26. The Balaban J connectivity index is 2.05. The van der Waals surface area contributed by atoms with Crippen LogP contribution >= 0.6 is 0 Å². The van der Waals surface area contributed by atoms with E-state index >= 15 is 0 Å². The Kier molecular flexibility index (Phi) is 4.59. The van der Waals surface area contributed by atoms with Crippen LogP contribution in [-0.2, 0) is 11.3 Å². The molecule has 0 saturated heterocycles. The van der Waals surface area contributed by atoms with Gasteiger partial charge in [0.2, 0.25) is 5.91 Å². The Morgan fingerprint density at radius 2 is 2.21 bits per heavy atom. The van der Waals surface area contributed by atoms with Crippen LogP contribution in [0.3, 0.4) is 0 Å². The number of carbonyl (C=O) groups is 1. The van der Waals surface area contributed by atoms with Gasteiger partial charge in [-0.2, -0.15) is 0 Å². The average molecular weight is 260 g/mol. The monoisotopic (exact) mass is 260 g/mol. The van der Waals surface area contributed by atoms with Gasteiger partial charge in [0.1, 0.15) is 0 Å². The molecule has 2 N–H and O–H groups in total. The fourth-order valence-corrected chi connectivity index (χ4v) is 2.91. The average Bonchev–Trinajstić information content (AvgIpc) is 2.81. The summed E-state index contributed by atoms with van der Waals surface area (Å²) in [6, 6.07) is 8.40. The van der Waals surface area contributed by atoms with Gasteiger partial charge in [0.15, 0.2) is 0 Å². The molecule has 2 atom stereocenters. The van der Waals surface area contributed by atoms with Crippen molar-refractivity contribution in [2.45, 2.75) is 45.7 Å². The molecule has 0 radical (unpaired) electrons. The smallest absolute Gasteiger partial charge is 0.227 e. The molecular formula is C16H24N2O. The van der Waals surface area contributed by atoms with Gasteiger partial charge in [0, 0.05) is 19.1 Å². The van der Waals surface area contributed by atoms with Gasteiger partial charge in [-0.05, 0) is 32.3 Å². The van der Waals surface area contributed by atoms with E-state index in [9.17, 15) is 4.79 Å². The van der Waals surface area contributed by atoms with Crippen molar-refractivity contribution in [2.75, 3.05) is 6.54 Å². The summed E-state index contributed by atoms with van der Waals surface area (Å²) in [4.78, 5) is 14.5. The molecule has 1 fully saturated rings. The maximum atomic E-state index is 12.5. The number of nitrogens with zero attached hydrogens (tertiary/aromatic N) is 1. The first-order chi connectivity index (χ1) is 9.11. The van der Waals surface area contributed by atoms with Crippen molar-refractivity contribution >= 4 is 5.91 Å². The van der Waals surface area contributed by atoms with E-state index in [4.69, 9.17) is 5.73 Å². The van der Waals surface area contributed by atoms with Crippen LogP contribution in [-0.4, -0.2) is 23.4 Å². The molecule has 1 aliphatic carbocycles. The number of rotatable bonds is 4. The number of aryl methyl sites for hydroxylation is 1. The molecule has 0 aliphatic heterocycles. The third kappa shape index (κ3) is 3.35. The Morgan fingerprint density at radius 3 is 2.79 bits per heavy atom. The SMILES string of the molecule is CCN(Cc1cccc(C)c1)C(=O)[C@H]1CCC[C@@H]1N. The molecule has 3 nitrogen and oxygen atoms in total. The second-order valence-corrected chi connectivity index (χ2v) is 5.54. The lowest BCUT2D eigenvalue weighted by Gasteiger charge is -2.26. The highest BCUT2D eigenvalue weighted by atomic mass is 16.2. The highest BCUT2D eigenvalue weighted by Gasteiger charge is 2.32. The van der Waals surface area contributed by atoms with Gasteiger partial charge in [0.05, 0.1) is 5.92 Å². The minimum Gasteiger partial charge on any atom is -0.338 e. The molecule has 1 aromatic carbocycles. The second-order valence-electron chi connectivity index (χ2n) is 5.54. The quantitative estimate of drug-likeness (QED) is 0.904. The fraction of sp³-hybridized carbons (Fsp3) is 0.562. The molecule has 1 saturated carbocycles. The Bertz CT molecular complexity index is 444. The van der Waals surface area contributed by atoms with Crippen LogP contribution in [0, 0.1) is 12.8 Å². The predicted molar refractivity (Wildman–Crippen MR) is 77.6 cm³/mol. The first-order valence-electron chi connectivity index (χ1n) is 7.21. The molecule has 1 aromatic rings. The summed E-state index contributed by atoms with van der Waals surface area (Å²) in [5.41, 5.74) is 8.47. The van der Waals surface area contributed by atoms with Crippen molar-refractivity contribution in [1.29, 1.82) is 0 Å². The fourth-order valence-electron chi connectivity index (χ4n) is 2.91. The Labute approximate surface area is 115 Å². The van der Waals surface area contributed by atoms with Crippen molar-refractivity contribution in [3.63, 3.8) is 0 Å². The first-order valence-corrected chi connectivity index (χ1v) is 7.21. The summed E-state index contributed by atoms with van der Waals surface area (Å²) >= 11 is 0. The number of hydrogen-bond donors (Lipinski definition) is 1. The Morgan fingerprint density at radius 1 is 1.42 bits per heavy atom. The van der Waals surface area contributed by atoms with Gasteiger partial charge in [-0.15, -0.1) is 0 Å². The highest BCUT2D eigenvalue weighted by molar-refractivity contribution is 5.79. The molecule has 0 aromatic heterocycles. The minimum atomic E-state index is 0.0322. The van der Waals surface area contributed by atoms with E-state index in [0.29, 0.717) is 6.54 Å². The van der Waals surface area contributed by atoms with Crippen LogP contribution in [0.2, 0.25) is 0 Å². The van der Waals surface area contributed by atoms with Gasteiger partial charge in [-0.1, -0.05) is 36.2 Å². The summed E-state index contributed by atoms with van der Waals surface area (Å²) in [6.07, 6.45) is 3.02. The van der Waals surface area contributed by atoms with Crippen LogP contribution in [0.15, 0.2) is 24.3 Å². The molecule has 104 valence electrons. The van der Waals surface area contributed by atoms with Gasteiger partial charge in [-0.3, -0.25) is 4.79 Å². The molecular weight excluding hydrogens is 236 g/mol. The van der Waals surface area contributed by atoms with E-state index in [1.54, 1.807) is 0 Å². The van der Waals surface area contributed by atoms with Gasteiger partial charge < -0.3 is 10.6 Å². The van der Waals surface area contributed by atoms with Crippen LogP contribution in [0.4, 0.5) is 0 Å². The normalized spacial score (nSPS) is 22.5. The third-order valence-corrected chi connectivity index (χ3v) is 4.04. The van der Waals surface area contributed by atoms with Gasteiger partial charge in [0.25, 0.3) is 0 Å². The summed E-state index contributed by atoms with van der Waals surface area (Å²) in [7, 11) is 0. The molecule has 0 unspecified atom stereocenters. The van der Waals surface area contributed by atoms with E-state index < -0.39 is 0 Å². The van der Waals surface area contributed by atoms with E-state index in [1.165, 1.54) is 11.1 Å². The number of benzene rings is 1. The lowest BCUT2D eigenvalue weighted by atomic mass is 10.0. The zero-order chi connectivity index (χ0) is 13.8. The molecule has 19 heavy (non-hydrogen) atoms. The van der Waals surface area contributed by atoms with Crippen molar-refractivity contribution in [1.82, 2.24) is 4.90 Å². The standard InChI is InChI=1S/C16H24N2O/c1-3-18(11-13-7-4-6-12(2)10-13)16(19)14-8-5-9-15(14)17/h4,6-7,10,14-15H,3,5,8-9,11,17H2,1-2H3/t14-,15-/m0/s1. The summed E-state index contributed by atoms with van der Waals surface area (Å²) in [5.74, 6) is 0.263. The van der Waals surface area contributed by atoms with Crippen LogP contribution in [0.1, 0.15) is 37.3 Å². The van der Waals surface area contributed by atoms with Gasteiger partial charge >= 0.3 is 0 Å². The van der Waals surface area contributed by atoms with Gasteiger partial charge in [-0.25, -0.2) is 0 Å². The van der Waals surface area contributed by atoms with Crippen molar-refractivity contribution < 1.29 is 4.79 Å². The zero-order valence-corrected chi connectivity index (χ0v) is 11.9. The molecule has 0 bridgehead atoms. The lowest BCUT2D eigenvalue weighted by molar-refractivity contribution is -0.136. The predicted octanol–water partition coefficient (Wildman–Crippen LogP) is 2.47. The van der Waals surface area contributed by atoms with Crippen molar-refractivity contribution in [2.24, 2.45) is 11.7 Å². The second kappa shape index (κ2) is 6.20. The summed E-state index contributed by atoms with van der Waals surface area (Å²) < 4.78 is 0. The maximum Gasteiger partial charge on any atom is 0.227 e. The van der Waals surface area contributed by atoms with E-state index in [0.717, 1.165) is 25.8 Å². The number of carbonyl (C=O) groups excluding carboxylic acids is 1. The molecule has 1 amide bonds. The largest absolute Gasteiger partial charge is 0.338 e. The molecule has 0 spiro atoms. The summed E-state index contributed by atoms with van der Waals surface area (Å²) in [6.45, 7) is 5.55. The third-order valence-electron chi connectivity index (χ3n) is 4.04. The maximum absolute atomic E-state index is 12.5. The first kappa shape index (κ1) is 14.1. The molecule has 0 heterocycles. The topological polar surface area (TPSA) is 46.3 Å². The molecule has 1 aliphatic rings. The van der Waals surface area contributed by atoms with E-state index in [2.05, 4.69) is 25.1 Å². The number of hydrogen-bond acceptors (Lipinski definition) is 2. The molecule has 2 rings (SSSR count). The van der Waals surface area contributed by atoms with Crippen molar-refractivity contribution in [3.05, 3.63) is 35.4 Å². The number of nitrogens with two attached hydrogens (primary N) is 1. The number of amides is 1. The van der Waals surface area contributed by atoms with E-state index in [1.807, 2.05) is 17.9 Å².